The van der Waals surface area contributed by atoms with Crippen molar-refractivity contribution >= 4 is 95.0 Å². The van der Waals surface area contributed by atoms with Crippen molar-refractivity contribution in [1.82, 2.24) is 0 Å². The first-order valence-electron chi connectivity index (χ1n) is 22.5. The van der Waals surface area contributed by atoms with Crippen LogP contribution in [0.25, 0.3) is 98.0 Å². The van der Waals surface area contributed by atoms with Crippen molar-refractivity contribution in [3.8, 4) is 33.4 Å². The Morgan fingerprint density at radius 2 is 0.411 bits per heavy atom. The normalized spacial score (nSPS) is 11.7. The van der Waals surface area contributed by atoms with Crippen LogP contribution in [-0.4, -0.2) is 38.9 Å². The number of hydrogen-bond donors (Lipinski definition) is 0. The second-order valence-corrected chi connectivity index (χ2v) is 21.0. The Morgan fingerprint density at radius 3 is 0.644 bits per heavy atom. The van der Waals surface area contributed by atoms with E-state index in [0.717, 1.165) is 81.3 Å². The van der Waals surface area contributed by atoms with Crippen LogP contribution in [0.15, 0.2) is 251 Å². The Kier molecular flexibility index (Phi) is 14.6. The van der Waals surface area contributed by atoms with Gasteiger partial charge in [0, 0.05) is 16.7 Å². The van der Waals surface area contributed by atoms with Crippen molar-refractivity contribution in [2.75, 3.05) is 0 Å². The van der Waals surface area contributed by atoms with E-state index in [-0.39, 0.29) is 50.3 Å². The Morgan fingerprint density at radius 1 is 0.219 bits per heavy atom. The molecule has 0 fully saturated rings. The summed E-state index contributed by atoms with van der Waals surface area (Å²) in [5.74, 6) is 0. The van der Waals surface area contributed by atoms with Gasteiger partial charge in [0.2, 0.25) is 0 Å². The predicted octanol–water partition coefficient (Wildman–Crippen LogP) is 13.7. The summed E-state index contributed by atoms with van der Waals surface area (Å²) in [6, 6.07) is 72.0. The van der Waals surface area contributed by atoms with E-state index in [2.05, 4.69) is 0 Å². The van der Waals surface area contributed by atoms with Gasteiger partial charge in [0.05, 0.1) is 14.7 Å². The topological polar surface area (TPSA) is 172 Å². The molecular formula is C60H39LaO9S3. The van der Waals surface area contributed by atoms with E-state index in [9.17, 15) is 38.9 Å². The molecular weight excluding hydrogens is 1100 g/mol. The van der Waals surface area contributed by atoms with Gasteiger partial charge in [-0.1, -0.05) is 218 Å². The third-order valence-electron chi connectivity index (χ3n) is 12.7. The van der Waals surface area contributed by atoms with Gasteiger partial charge in [0.15, 0.2) is 0 Å². The number of rotatable bonds is 6. The summed E-state index contributed by atoms with van der Waals surface area (Å²) >= 11 is 0. The third kappa shape index (κ3) is 10.4. The monoisotopic (exact) mass is 1140 g/mol. The maximum Gasteiger partial charge on any atom is 3.00 e. The summed E-state index contributed by atoms with van der Waals surface area (Å²) in [4.78, 5) is -0.548. The van der Waals surface area contributed by atoms with Crippen LogP contribution in [-0.2, 0) is 30.4 Å². The molecule has 0 aromatic heterocycles. The van der Waals surface area contributed by atoms with Crippen molar-refractivity contribution in [1.29, 1.82) is 0 Å². The summed E-state index contributed by atoms with van der Waals surface area (Å²) < 4.78 is 107. The Bertz CT molecular complexity index is 3980. The van der Waals surface area contributed by atoms with Gasteiger partial charge < -0.3 is 13.7 Å². The summed E-state index contributed by atoms with van der Waals surface area (Å²) in [5.41, 5.74) is 3.66. The van der Waals surface area contributed by atoms with Crippen molar-refractivity contribution < 1.29 is 74.5 Å². The molecule has 13 heteroatoms. The van der Waals surface area contributed by atoms with E-state index in [1.165, 1.54) is 18.2 Å². The fraction of sp³-hybridized carbons (Fsp3) is 0. The number of benzene rings is 12. The van der Waals surface area contributed by atoms with Gasteiger partial charge >= 0.3 is 35.6 Å². The second kappa shape index (κ2) is 20.9. The zero-order chi connectivity index (χ0) is 50.2. The molecule has 0 atom stereocenters. The largest absolute Gasteiger partial charge is 3.00 e. The molecule has 0 amide bonds. The molecule has 0 heterocycles. The maximum atomic E-state index is 11.9. The summed E-state index contributed by atoms with van der Waals surface area (Å²) in [6.07, 6.45) is 0. The van der Waals surface area contributed by atoms with Crippen molar-refractivity contribution in [3.05, 3.63) is 237 Å². The van der Waals surface area contributed by atoms with Gasteiger partial charge in [-0.15, -0.1) is 0 Å². The molecule has 0 saturated carbocycles. The van der Waals surface area contributed by atoms with Gasteiger partial charge in [-0.3, -0.25) is 0 Å². The van der Waals surface area contributed by atoms with E-state index < -0.39 is 30.4 Å². The van der Waals surface area contributed by atoms with Gasteiger partial charge in [0.25, 0.3) is 0 Å². The molecule has 9 nitrogen and oxygen atoms in total. The van der Waals surface area contributed by atoms with Crippen LogP contribution in [0.1, 0.15) is 0 Å². The van der Waals surface area contributed by atoms with Gasteiger partial charge in [-0.05, 0) is 99.5 Å². The Labute approximate surface area is 450 Å². The van der Waals surface area contributed by atoms with E-state index in [4.69, 9.17) is 0 Å². The van der Waals surface area contributed by atoms with E-state index in [1.807, 2.05) is 200 Å². The summed E-state index contributed by atoms with van der Waals surface area (Å²) in [6.45, 7) is 0. The molecule has 73 heavy (non-hydrogen) atoms. The number of fused-ring (bicyclic) bond motifs is 6. The predicted molar refractivity (Wildman–Crippen MR) is 285 cm³/mol. The molecule has 0 N–H and O–H groups in total. The van der Waals surface area contributed by atoms with Crippen LogP contribution in [0.5, 0.6) is 0 Å². The Hall–Kier alpha value is -6.88. The van der Waals surface area contributed by atoms with Gasteiger partial charge in [0.1, 0.15) is 30.4 Å². The molecule has 12 aromatic carbocycles. The molecule has 0 unspecified atom stereocenters. The van der Waals surface area contributed by atoms with Crippen molar-refractivity contribution in [2.24, 2.45) is 0 Å². The molecule has 354 valence electrons. The standard InChI is InChI=1S/3C20H14O3S.La/c3*21-24(22,23)19-13-12-15-7-2-4-10-17(15)20(19)18-11-5-8-14-6-1-3-9-16(14)18;/h3*1-13H,(H,21,22,23);/q;;;+3/p-3. The van der Waals surface area contributed by atoms with E-state index >= 15 is 0 Å². The fourth-order valence-corrected chi connectivity index (χ4v) is 11.7. The van der Waals surface area contributed by atoms with Gasteiger partial charge in [-0.2, -0.15) is 0 Å². The quantitative estimate of drug-likeness (QED) is 0.147. The average Bonchev–Trinajstić information content (AvgIpc) is 3.39. The van der Waals surface area contributed by atoms with E-state index in [0.29, 0.717) is 16.7 Å². The minimum absolute atomic E-state index is 0. The first-order chi connectivity index (χ1) is 34.7. The third-order valence-corrected chi connectivity index (χ3v) is 15.3. The molecule has 0 bridgehead atoms. The zero-order valence-corrected chi connectivity index (χ0v) is 44.6. The van der Waals surface area contributed by atoms with Crippen LogP contribution in [0, 0.1) is 35.6 Å². The van der Waals surface area contributed by atoms with Crippen molar-refractivity contribution in [3.63, 3.8) is 0 Å². The first-order valence-corrected chi connectivity index (χ1v) is 26.8. The molecule has 0 aliphatic carbocycles. The molecule has 0 radical (unpaired) electrons. The minimum Gasteiger partial charge on any atom is -0.744 e. The van der Waals surface area contributed by atoms with Crippen LogP contribution in [0.3, 0.4) is 0 Å². The van der Waals surface area contributed by atoms with Crippen LogP contribution in [0.4, 0.5) is 0 Å². The second-order valence-electron chi connectivity index (χ2n) is 16.9. The molecule has 0 aliphatic heterocycles. The van der Waals surface area contributed by atoms with E-state index in [1.54, 1.807) is 18.2 Å². The molecule has 12 rings (SSSR count). The molecule has 0 spiro atoms. The van der Waals surface area contributed by atoms with Gasteiger partial charge in [-0.25, -0.2) is 25.3 Å². The zero-order valence-electron chi connectivity index (χ0n) is 38.5. The fourth-order valence-electron chi connectivity index (χ4n) is 9.54. The van der Waals surface area contributed by atoms with Crippen LogP contribution < -0.4 is 0 Å². The average molecular weight is 1140 g/mol. The van der Waals surface area contributed by atoms with Crippen molar-refractivity contribution in [2.45, 2.75) is 14.7 Å². The molecule has 0 saturated heterocycles. The number of hydrogen-bond acceptors (Lipinski definition) is 9. The SMILES string of the molecule is O=S(=O)([O-])c1ccc2ccccc2c1-c1cccc2ccccc12.O=S(=O)([O-])c1ccc2ccccc2c1-c1cccc2ccccc12.O=S(=O)([O-])c1ccc2ccccc2c1-c1cccc2ccccc12.[La+3]. The smallest absolute Gasteiger partial charge is 0.744 e. The van der Waals surface area contributed by atoms with Crippen LogP contribution in [0.2, 0.25) is 0 Å². The molecule has 0 aliphatic rings. The van der Waals surface area contributed by atoms with Crippen LogP contribution >= 0.6 is 0 Å². The summed E-state index contributed by atoms with van der Waals surface area (Å²) in [5, 5.41) is 10.7. The summed E-state index contributed by atoms with van der Waals surface area (Å²) in [7, 11) is -13.8. The minimum atomic E-state index is -4.59. The molecule has 12 aromatic rings. The first kappa shape index (κ1) is 51.0. The Balaban J connectivity index is 0.000000134. The maximum absolute atomic E-state index is 11.9.